The first-order chi connectivity index (χ1) is 12.0. The summed E-state index contributed by atoms with van der Waals surface area (Å²) in [5.74, 6) is -2.80. The number of nitro benzene ring substituents is 1. The van der Waals surface area contributed by atoms with Crippen molar-refractivity contribution in [2.45, 2.75) is 12.2 Å². The lowest BCUT2D eigenvalue weighted by Gasteiger charge is -2.12. The number of phenolic OH excluding ortho intramolecular Hbond substituents is 1. The molecule has 0 aliphatic carbocycles. The van der Waals surface area contributed by atoms with Crippen molar-refractivity contribution >= 4 is 11.7 Å². The van der Waals surface area contributed by atoms with Gasteiger partial charge in [-0.3, -0.25) is 14.9 Å². The van der Waals surface area contributed by atoms with E-state index in [-0.39, 0.29) is 11.3 Å². The minimum absolute atomic E-state index is 0.0317. The molecule has 0 aromatic heterocycles. The number of carboxylic acids is 1. The molecule has 1 atom stereocenters. The van der Waals surface area contributed by atoms with E-state index < -0.39 is 45.9 Å². The van der Waals surface area contributed by atoms with E-state index in [1.165, 1.54) is 6.07 Å². The standard InChI is InChI=1S/C15H11F3N2O6/c16-15(17,18)8-2-4-11(9(6-8)20(24)25)26-12-3-1-7(5-10(12)21)13(19)14(22)23/h1-6,13,21H,19H2,(H,22,23)/t13-/m0/s1. The van der Waals surface area contributed by atoms with Gasteiger partial charge >= 0.3 is 17.8 Å². The number of carbonyl (C=O) groups is 1. The maximum Gasteiger partial charge on any atom is 0.416 e. The van der Waals surface area contributed by atoms with Crippen LogP contribution in [0.5, 0.6) is 17.2 Å². The highest BCUT2D eigenvalue weighted by molar-refractivity contribution is 5.75. The van der Waals surface area contributed by atoms with Crippen LogP contribution in [0.4, 0.5) is 18.9 Å². The van der Waals surface area contributed by atoms with Crippen LogP contribution in [0, 0.1) is 10.1 Å². The fraction of sp³-hybridized carbons (Fsp3) is 0.133. The SMILES string of the molecule is N[C@H](C(=O)O)c1ccc(Oc2ccc(C(F)(F)F)cc2[N+](=O)[O-])c(O)c1. The predicted molar refractivity (Wildman–Crippen MR) is 80.8 cm³/mol. The Kier molecular flexibility index (Phi) is 5.02. The zero-order valence-corrected chi connectivity index (χ0v) is 12.7. The van der Waals surface area contributed by atoms with Crippen LogP contribution in [-0.4, -0.2) is 21.1 Å². The molecule has 0 saturated carbocycles. The summed E-state index contributed by atoms with van der Waals surface area (Å²) in [7, 11) is 0. The van der Waals surface area contributed by atoms with Gasteiger partial charge in [0, 0.05) is 6.07 Å². The molecule has 4 N–H and O–H groups in total. The molecule has 0 spiro atoms. The highest BCUT2D eigenvalue weighted by Crippen LogP contribution is 2.40. The van der Waals surface area contributed by atoms with Crippen LogP contribution >= 0.6 is 0 Å². The van der Waals surface area contributed by atoms with Crippen LogP contribution in [0.3, 0.4) is 0 Å². The first-order valence-electron chi connectivity index (χ1n) is 6.85. The summed E-state index contributed by atoms with van der Waals surface area (Å²) in [5.41, 5.74) is 3.23. The quantitative estimate of drug-likeness (QED) is 0.541. The largest absolute Gasteiger partial charge is 0.504 e. The zero-order chi connectivity index (χ0) is 19.6. The molecule has 8 nitrogen and oxygen atoms in total. The molecule has 2 aromatic rings. The number of benzene rings is 2. The minimum Gasteiger partial charge on any atom is -0.504 e. The second kappa shape index (κ2) is 6.88. The number of aliphatic carboxylic acids is 1. The van der Waals surface area contributed by atoms with Gasteiger partial charge in [0.2, 0.25) is 5.75 Å². The third kappa shape index (κ3) is 4.00. The molecular formula is C15H11F3N2O6. The maximum atomic E-state index is 12.7. The minimum atomic E-state index is -4.78. The van der Waals surface area contributed by atoms with Gasteiger partial charge in [0.1, 0.15) is 6.04 Å². The van der Waals surface area contributed by atoms with Crippen molar-refractivity contribution in [3.63, 3.8) is 0 Å². The van der Waals surface area contributed by atoms with Crippen molar-refractivity contribution in [1.82, 2.24) is 0 Å². The number of alkyl halides is 3. The van der Waals surface area contributed by atoms with E-state index in [9.17, 15) is 33.2 Å². The number of aromatic hydroxyl groups is 1. The van der Waals surface area contributed by atoms with Crippen molar-refractivity contribution in [3.05, 3.63) is 57.6 Å². The van der Waals surface area contributed by atoms with E-state index in [1.807, 2.05) is 0 Å². The van der Waals surface area contributed by atoms with Gasteiger partial charge in [0.05, 0.1) is 10.5 Å². The monoisotopic (exact) mass is 372 g/mol. The van der Waals surface area contributed by atoms with E-state index in [0.29, 0.717) is 12.1 Å². The number of nitro groups is 1. The summed E-state index contributed by atoms with van der Waals surface area (Å²) in [6.45, 7) is 0. The number of hydrogen-bond acceptors (Lipinski definition) is 6. The summed E-state index contributed by atoms with van der Waals surface area (Å²) in [4.78, 5) is 20.8. The fourth-order valence-corrected chi connectivity index (χ4v) is 2.00. The topological polar surface area (TPSA) is 136 Å². The first-order valence-corrected chi connectivity index (χ1v) is 6.85. The molecule has 0 aliphatic rings. The molecule has 0 amide bonds. The molecule has 0 aliphatic heterocycles. The maximum absolute atomic E-state index is 12.7. The molecule has 0 radical (unpaired) electrons. The van der Waals surface area contributed by atoms with Crippen molar-refractivity contribution < 1.29 is 37.8 Å². The lowest BCUT2D eigenvalue weighted by atomic mass is 10.1. The smallest absolute Gasteiger partial charge is 0.416 e. The summed E-state index contributed by atoms with van der Waals surface area (Å²) < 4.78 is 43.1. The summed E-state index contributed by atoms with van der Waals surface area (Å²) in [6.07, 6.45) is -4.78. The third-order valence-corrected chi connectivity index (χ3v) is 3.31. The molecule has 138 valence electrons. The number of nitrogens with two attached hydrogens (primary N) is 1. The second-order valence-corrected chi connectivity index (χ2v) is 5.08. The van der Waals surface area contributed by atoms with E-state index in [1.54, 1.807) is 0 Å². The van der Waals surface area contributed by atoms with Crippen molar-refractivity contribution in [2.24, 2.45) is 5.73 Å². The van der Waals surface area contributed by atoms with Gasteiger partial charge < -0.3 is 20.7 Å². The lowest BCUT2D eigenvalue weighted by Crippen LogP contribution is -2.20. The Morgan fingerprint density at radius 3 is 2.31 bits per heavy atom. The van der Waals surface area contributed by atoms with Gasteiger partial charge in [-0.1, -0.05) is 6.07 Å². The molecule has 0 heterocycles. The van der Waals surface area contributed by atoms with Crippen LogP contribution in [0.25, 0.3) is 0 Å². The Balaban J connectivity index is 2.39. The zero-order valence-electron chi connectivity index (χ0n) is 12.7. The van der Waals surface area contributed by atoms with Gasteiger partial charge in [-0.05, 0) is 29.8 Å². The molecular weight excluding hydrogens is 361 g/mol. The van der Waals surface area contributed by atoms with Crippen LogP contribution in [0.1, 0.15) is 17.2 Å². The van der Waals surface area contributed by atoms with Gasteiger partial charge in [0.15, 0.2) is 11.5 Å². The predicted octanol–water partition coefficient (Wildman–Crippen LogP) is 3.20. The number of rotatable bonds is 5. The summed E-state index contributed by atoms with van der Waals surface area (Å²) in [5, 5.41) is 29.7. The average Bonchev–Trinajstić information content (AvgIpc) is 2.54. The van der Waals surface area contributed by atoms with E-state index in [0.717, 1.165) is 18.2 Å². The average molecular weight is 372 g/mol. The lowest BCUT2D eigenvalue weighted by molar-refractivity contribution is -0.385. The van der Waals surface area contributed by atoms with Crippen LogP contribution in [0.15, 0.2) is 36.4 Å². The number of hydrogen-bond donors (Lipinski definition) is 3. The van der Waals surface area contributed by atoms with Crippen molar-refractivity contribution in [2.75, 3.05) is 0 Å². The number of carboxylic acid groups (broad SMARTS) is 1. The molecule has 0 unspecified atom stereocenters. The van der Waals surface area contributed by atoms with E-state index in [4.69, 9.17) is 15.6 Å². The Labute approximate surface area is 143 Å². The summed E-state index contributed by atoms with van der Waals surface area (Å²) >= 11 is 0. The van der Waals surface area contributed by atoms with Crippen LogP contribution in [-0.2, 0) is 11.0 Å². The molecule has 2 rings (SSSR count). The van der Waals surface area contributed by atoms with E-state index >= 15 is 0 Å². The Hall–Kier alpha value is -3.34. The van der Waals surface area contributed by atoms with E-state index in [2.05, 4.69) is 0 Å². The normalized spacial score (nSPS) is 12.5. The van der Waals surface area contributed by atoms with Crippen molar-refractivity contribution in [3.8, 4) is 17.2 Å². The Bertz CT molecular complexity index is 869. The first kappa shape index (κ1) is 19.0. The molecule has 0 saturated heterocycles. The molecule has 2 aromatic carbocycles. The second-order valence-electron chi connectivity index (χ2n) is 5.08. The van der Waals surface area contributed by atoms with Crippen molar-refractivity contribution in [1.29, 1.82) is 0 Å². The molecule has 26 heavy (non-hydrogen) atoms. The van der Waals surface area contributed by atoms with Gasteiger partial charge in [-0.25, -0.2) is 0 Å². The van der Waals surface area contributed by atoms with Gasteiger partial charge in [-0.2, -0.15) is 13.2 Å². The molecule has 11 heteroatoms. The fourth-order valence-electron chi connectivity index (χ4n) is 2.00. The number of ether oxygens (including phenoxy) is 1. The number of halogens is 3. The highest BCUT2D eigenvalue weighted by atomic mass is 19.4. The van der Waals surface area contributed by atoms with Crippen LogP contribution in [0.2, 0.25) is 0 Å². The van der Waals surface area contributed by atoms with Gasteiger partial charge in [0.25, 0.3) is 0 Å². The van der Waals surface area contributed by atoms with Gasteiger partial charge in [-0.15, -0.1) is 0 Å². The molecule has 0 bridgehead atoms. The Morgan fingerprint density at radius 2 is 1.81 bits per heavy atom. The third-order valence-electron chi connectivity index (χ3n) is 3.31. The number of nitrogens with zero attached hydrogens (tertiary/aromatic N) is 1. The summed E-state index contributed by atoms with van der Waals surface area (Å²) in [6, 6.07) is 3.49. The number of phenols is 1. The molecule has 0 fully saturated rings. The Morgan fingerprint density at radius 1 is 1.19 bits per heavy atom. The van der Waals surface area contributed by atoms with Crippen LogP contribution < -0.4 is 10.5 Å². The highest BCUT2D eigenvalue weighted by Gasteiger charge is 2.33.